The van der Waals surface area contributed by atoms with Crippen molar-refractivity contribution in [2.45, 2.75) is 6.92 Å². The Hall–Kier alpha value is -4.01. The first kappa shape index (κ1) is 19.3. The van der Waals surface area contributed by atoms with Gasteiger partial charge in [0.25, 0.3) is 0 Å². The van der Waals surface area contributed by atoms with E-state index in [1.165, 1.54) is 43.7 Å². The van der Waals surface area contributed by atoms with Crippen molar-refractivity contribution in [3.8, 4) is 22.5 Å². The molecule has 0 N–H and O–H groups in total. The van der Waals surface area contributed by atoms with E-state index in [2.05, 4.69) is 15.1 Å². The highest BCUT2D eigenvalue weighted by molar-refractivity contribution is 6.03. The van der Waals surface area contributed by atoms with Gasteiger partial charge in [0.2, 0.25) is 11.8 Å². The number of amides is 1. The van der Waals surface area contributed by atoms with Crippen molar-refractivity contribution in [3.63, 3.8) is 0 Å². The van der Waals surface area contributed by atoms with Crippen molar-refractivity contribution in [3.05, 3.63) is 78.5 Å². The number of aromatic nitrogens is 3. The third-order valence-electron chi connectivity index (χ3n) is 4.30. The second kappa shape index (κ2) is 7.78. The van der Waals surface area contributed by atoms with E-state index in [1.54, 1.807) is 6.07 Å². The van der Waals surface area contributed by atoms with Crippen LogP contribution >= 0.6 is 0 Å². The molecule has 6 nitrogen and oxygen atoms in total. The Bertz CT molecular complexity index is 1210. The Balaban J connectivity index is 1.98. The summed E-state index contributed by atoms with van der Waals surface area (Å²) in [6.45, 7) is 1.17. The molecule has 0 aliphatic heterocycles. The molecule has 0 spiro atoms. The van der Waals surface area contributed by atoms with Crippen molar-refractivity contribution in [1.29, 1.82) is 0 Å². The summed E-state index contributed by atoms with van der Waals surface area (Å²) in [7, 11) is 0. The maximum Gasteiger partial charge on any atom is 0.248 e. The molecule has 0 saturated carbocycles. The Kier molecular flexibility index (Phi) is 5.01. The van der Waals surface area contributed by atoms with Crippen LogP contribution in [0.1, 0.15) is 6.92 Å². The third kappa shape index (κ3) is 3.52. The second-order valence-corrected chi connectivity index (χ2v) is 6.26. The zero-order valence-corrected chi connectivity index (χ0v) is 15.5. The topological polar surface area (TPSA) is 72.1 Å². The summed E-state index contributed by atoms with van der Waals surface area (Å²) in [5.41, 5.74) is 0.932. The van der Waals surface area contributed by atoms with Crippen molar-refractivity contribution >= 4 is 17.5 Å². The minimum absolute atomic E-state index is 0.162. The smallest absolute Gasteiger partial charge is 0.248 e. The molecule has 2 aromatic heterocycles. The molecule has 4 rings (SSSR count). The largest absolute Gasteiger partial charge is 0.336 e. The first-order chi connectivity index (χ1) is 14.5. The van der Waals surface area contributed by atoms with E-state index < -0.39 is 23.4 Å². The van der Waals surface area contributed by atoms with Crippen molar-refractivity contribution in [2.24, 2.45) is 0 Å². The molecule has 4 aromatic rings. The average Bonchev–Trinajstić information content (AvgIpc) is 3.16. The maximum atomic E-state index is 14.5. The summed E-state index contributed by atoms with van der Waals surface area (Å²) in [6.07, 6.45) is 2.75. The van der Waals surface area contributed by atoms with Gasteiger partial charge in [-0.3, -0.25) is 4.79 Å². The molecule has 150 valence electrons. The minimum atomic E-state index is -0.833. The highest BCUT2D eigenvalue weighted by Gasteiger charge is 2.30. The summed E-state index contributed by atoms with van der Waals surface area (Å²) in [5, 5.41) is 4.01. The number of anilines is 2. The van der Waals surface area contributed by atoms with Gasteiger partial charge in [-0.25, -0.2) is 28.0 Å². The SMILES string of the molecule is CC(=O)N(c1cc(F)ccc1F)c1onc(-c2ccc(F)cc2)c1-c1ccncn1. The number of hydrogen-bond donors (Lipinski definition) is 0. The third-order valence-corrected chi connectivity index (χ3v) is 4.30. The first-order valence-corrected chi connectivity index (χ1v) is 8.73. The van der Waals surface area contributed by atoms with E-state index in [0.29, 0.717) is 11.3 Å². The van der Waals surface area contributed by atoms with E-state index in [-0.39, 0.29) is 22.8 Å². The molecule has 0 atom stereocenters. The van der Waals surface area contributed by atoms with Crippen LogP contribution in [0.4, 0.5) is 24.7 Å². The molecule has 0 aliphatic rings. The fourth-order valence-electron chi connectivity index (χ4n) is 2.99. The predicted molar refractivity (Wildman–Crippen MR) is 102 cm³/mol. The molecule has 0 aliphatic carbocycles. The summed E-state index contributed by atoms with van der Waals surface area (Å²) >= 11 is 0. The number of halogens is 3. The molecular formula is C21H13F3N4O2. The fraction of sp³-hybridized carbons (Fsp3) is 0.0476. The lowest BCUT2D eigenvalue weighted by atomic mass is 10.0. The predicted octanol–water partition coefficient (Wildman–Crippen LogP) is 4.90. The van der Waals surface area contributed by atoms with Gasteiger partial charge in [0.1, 0.15) is 29.5 Å². The van der Waals surface area contributed by atoms with Gasteiger partial charge in [0.15, 0.2) is 0 Å². The lowest BCUT2D eigenvalue weighted by molar-refractivity contribution is -0.116. The van der Waals surface area contributed by atoms with E-state index in [0.717, 1.165) is 23.1 Å². The van der Waals surface area contributed by atoms with Crippen LogP contribution in [0.5, 0.6) is 0 Å². The Labute approximate surface area is 168 Å². The van der Waals surface area contributed by atoms with Crippen LogP contribution in [0.2, 0.25) is 0 Å². The van der Waals surface area contributed by atoms with Gasteiger partial charge < -0.3 is 4.52 Å². The molecule has 1 amide bonds. The van der Waals surface area contributed by atoms with Crippen molar-refractivity contribution in [2.75, 3.05) is 4.90 Å². The highest BCUT2D eigenvalue weighted by atomic mass is 19.1. The number of hydrogen-bond acceptors (Lipinski definition) is 5. The summed E-state index contributed by atoms with van der Waals surface area (Å²) in [5.74, 6) is -2.82. The van der Waals surface area contributed by atoms with Gasteiger partial charge in [-0.05, 0) is 42.5 Å². The minimum Gasteiger partial charge on any atom is -0.336 e. The standard InChI is InChI=1S/C21H13F3N4O2/c1-12(29)28(18-10-15(23)6-7-16(18)24)21-19(17-8-9-25-11-26-17)20(27-30-21)13-2-4-14(22)5-3-13/h2-11H,1H3. The molecule has 0 fully saturated rings. The highest BCUT2D eigenvalue weighted by Crippen LogP contribution is 2.42. The zero-order valence-electron chi connectivity index (χ0n) is 15.5. The van der Waals surface area contributed by atoms with E-state index in [4.69, 9.17) is 4.52 Å². The Morgan fingerprint density at radius 3 is 2.40 bits per heavy atom. The van der Waals surface area contributed by atoms with Crippen molar-refractivity contribution in [1.82, 2.24) is 15.1 Å². The van der Waals surface area contributed by atoms with Gasteiger partial charge in [0, 0.05) is 24.8 Å². The summed E-state index contributed by atoms with van der Waals surface area (Å²) < 4.78 is 47.1. The number of carbonyl (C=O) groups excluding carboxylic acids is 1. The van der Waals surface area contributed by atoms with Gasteiger partial charge in [0.05, 0.1) is 16.9 Å². The fourth-order valence-corrected chi connectivity index (χ4v) is 2.99. The monoisotopic (exact) mass is 410 g/mol. The van der Waals surface area contributed by atoms with Gasteiger partial charge in [-0.15, -0.1) is 0 Å². The van der Waals surface area contributed by atoms with Crippen LogP contribution < -0.4 is 4.90 Å². The lowest BCUT2D eigenvalue weighted by Crippen LogP contribution is -2.24. The normalized spacial score (nSPS) is 10.8. The second-order valence-electron chi connectivity index (χ2n) is 6.26. The van der Waals surface area contributed by atoms with Crippen LogP contribution in [0.3, 0.4) is 0 Å². The first-order valence-electron chi connectivity index (χ1n) is 8.73. The molecule has 0 bridgehead atoms. The van der Waals surface area contributed by atoms with Crippen LogP contribution in [0, 0.1) is 17.5 Å². The van der Waals surface area contributed by atoms with Crippen molar-refractivity contribution < 1.29 is 22.5 Å². The molecule has 0 unspecified atom stereocenters. The molecule has 2 heterocycles. The molecule has 0 saturated heterocycles. The van der Waals surface area contributed by atoms with Crippen LogP contribution in [0.15, 0.2) is 65.6 Å². The summed E-state index contributed by atoms with van der Waals surface area (Å²) in [6, 6.07) is 9.69. The average molecular weight is 410 g/mol. The summed E-state index contributed by atoms with van der Waals surface area (Å²) in [4.78, 5) is 21.4. The zero-order chi connectivity index (χ0) is 21.3. The van der Waals surface area contributed by atoms with E-state index in [9.17, 15) is 18.0 Å². The molecule has 30 heavy (non-hydrogen) atoms. The van der Waals surface area contributed by atoms with Crippen LogP contribution in [-0.4, -0.2) is 21.0 Å². The van der Waals surface area contributed by atoms with Gasteiger partial charge in [-0.2, -0.15) is 0 Å². The number of nitrogens with zero attached hydrogens (tertiary/aromatic N) is 4. The van der Waals surface area contributed by atoms with E-state index in [1.807, 2.05) is 0 Å². The molecule has 2 aromatic carbocycles. The van der Waals surface area contributed by atoms with Gasteiger partial charge >= 0.3 is 0 Å². The Morgan fingerprint density at radius 1 is 1.00 bits per heavy atom. The number of carbonyl (C=O) groups is 1. The maximum absolute atomic E-state index is 14.5. The van der Waals surface area contributed by atoms with Gasteiger partial charge in [-0.1, -0.05) is 5.16 Å². The number of rotatable bonds is 4. The van der Waals surface area contributed by atoms with Crippen LogP contribution in [-0.2, 0) is 4.79 Å². The quantitative estimate of drug-likeness (QED) is 0.479. The lowest BCUT2D eigenvalue weighted by Gasteiger charge is -2.19. The number of benzene rings is 2. The molecular weight excluding hydrogens is 397 g/mol. The molecule has 0 radical (unpaired) electrons. The van der Waals surface area contributed by atoms with Crippen LogP contribution in [0.25, 0.3) is 22.5 Å². The molecule has 9 heteroatoms. The Morgan fingerprint density at radius 2 is 1.73 bits per heavy atom. The van der Waals surface area contributed by atoms with E-state index >= 15 is 0 Å².